The van der Waals surface area contributed by atoms with Gasteiger partial charge in [-0.05, 0) is 44.2 Å². The molecule has 0 bridgehead atoms. The maximum Gasteiger partial charge on any atom is 0.150 e. The van der Waals surface area contributed by atoms with Gasteiger partial charge in [0.1, 0.15) is 9.84 Å². The van der Waals surface area contributed by atoms with Gasteiger partial charge < -0.3 is 5.32 Å². The Bertz CT molecular complexity index is 301. The average molecular weight is 261 g/mol. The third-order valence-electron chi connectivity index (χ3n) is 3.89. The lowest BCUT2D eigenvalue weighted by Gasteiger charge is -2.19. The summed E-state index contributed by atoms with van der Waals surface area (Å²) in [4.78, 5) is 0. The maximum atomic E-state index is 11.5. The van der Waals surface area contributed by atoms with Crippen molar-refractivity contribution >= 4 is 9.84 Å². The van der Waals surface area contributed by atoms with Crippen LogP contribution in [0.15, 0.2) is 0 Å². The summed E-state index contributed by atoms with van der Waals surface area (Å²) >= 11 is 0. The smallest absolute Gasteiger partial charge is 0.150 e. The molecular weight excluding hydrogens is 234 g/mol. The third kappa shape index (κ3) is 5.38. The quantitative estimate of drug-likeness (QED) is 0.682. The molecule has 1 aliphatic rings. The van der Waals surface area contributed by atoms with Crippen LogP contribution >= 0.6 is 0 Å². The van der Waals surface area contributed by atoms with Crippen molar-refractivity contribution in [3.63, 3.8) is 0 Å². The van der Waals surface area contributed by atoms with Crippen LogP contribution in [0.5, 0.6) is 0 Å². The average Bonchev–Trinajstić information content (AvgIpc) is 2.75. The van der Waals surface area contributed by atoms with E-state index in [0.29, 0.717) is 23.3 Å². The van der Waals surface area contributed by atoms with Crippen molar-refractivity contribution in [1.29, 1.82) is 0 Å². The fraction of sp³-hybridized carbons (Fsp3) is 1.00. The molecule has 1 saturated carbocycles. The standard InChI is InChI=1S/C13H27NO2S/c1-3-9-14-11-13-7-5-6-12(13)8-10-17(15,16)4-2/h12-14H,3-11H2,1-2H3. The molecule has 102 valence electrons. The minimum absolute atomic E-state index is 0.290. The second-order valence-electron chi connectivity index (χ2n) is 5.18. The van der Waals surface area contributed by atoms with Crippen LogP contribution in [0.4, 0.5) is 0 Å². The van der Waals surface area contributed by atoms with Crippen LogP contribution < -0.4 is 5.32 Å². The van der Waals surface area contributed by atoms with Gasteiger partial charge in [0.2, 0.25) is 0 Å². The lowest BCUT2D eigenvalue weighted by molar-refractivity contribution is 0.358. The van der Waals surface area contributed by atoms with Gasteiger partial charge in [-0.3, -0.25) is 0 Å². The first-order valence-corrected chi connectivity index (χ1v) is 8.82. The van der Waals surface area contributed by atoms with Crippen LogP contribution in [0.25, 0.3) is 0 Å². The molecule has 2 atom stereocenters. The normalized spacial score (nSPS) is 25.3. The molecule has 0 aromatic heterocycles. The van der Waals surface area contributed by atoms with Crippen LogP contribution in [0.2, 0.25) is 0 Å². The molecule has 0 radical (unpaired) electrons. The Balaban J connectivity index is 2.31. The fourth-order valence-electron chi connectivity index (χ4n) is 2.70. The number of hydrogen-bond donors (Lipinski definition) is 1. The van der Waals surface area contributed by atoms with Crippen LogP contribution in [0, 0.1) is 11.8 Å². The van der Waals surface area contributed by atoms with E-state index in [2.05, 4.69) is 12.2 Å². The molecule has 1 rings (SSSR count). The van der Waals surface area contributed by atoms with E-state index >= 15 is 0 Å². The monoisotopic (exact) mass is 261 g/mol. The summed E-state index contributed by atoms with van der Waals surface area (Å²) in [6, 6.07) is 0. The summed E-state index contributed by atoms with van der Waals surface area (Å²) in [6.07, 6.45) is 5.80. The van der Waals surface area contributed by atoms with Crippen molar-refractivity contribution in [2.45, 2.75) is 46.0 Å². The molecule has 1 aliphatic carbocycles. The Kier molecular flexibility index (Phi) is 6.49. The van der Waals surface area contributed by atoms with E-state index in [4.69, 9.17) is 0 Å². The summed E-state index contributed by atoms with van der Waals surface area (Å²) in [5.41, 5.74) is 0. The van der Waals surface area contributed by atoms with Crippen molar-refractivity contribution in [1.82, 2.24) is 5.32 Å². The predicted octanol–water partition coefficient (Wildman–Crippen LogP) is 2.23. The topological polar surface area (TPSA) is 46.2 Å². The Morgan fingerprint density at radius 2 is 1.88 bits per heavy atom. The molecule has 2 unspecified atom stereocenters. The molecule has 0 aromatic rings. The van der Waals surface area contributed by atoms with E-state index in [9.17, 15) is 8.42 Å². The van der Waals surface area contributed by atoms with E-state index in [1.54, 1.807) is 6.92 Å². The molecule has 17 heavy (non-hydrogen) atoms. The highest BCUT2D eigenvalue weighted by atomic mass is 32.2. The zero-order valence-electron chi connectivity index (χ0n) is 11.2. The summed E-state index contributed by atoms with van der Waals surface area (Å²) < 4.78 is 23.0. The van der Waals surface area contributed by atoms with Gasteiger partial charge in [-0.15, -0.1) is 0 Å². The van der Waals surface area contributed by atoms with E-state index in [0.717, 1.165) is 19.5 Å². The fourth-order valence-corrected chi connectivity index (χ4v) is 3.65. The number of hydrogen-bond acceptors (Lipinski definition) is 3. The maximum absolute atomic E-state index is 11.5. The summed E-state index contributed by atoms with van der Waals surface area (Å²) in [5.74, 6) is 2.01. The number of sulfone groups is 1. The molecule has 1 fully saturated rings. The highest BCUT2D eigenvalue weighted by Gasteiger charge is 2.27. The Morgan fingerprint density at radius 1 is 1.18 bits per heavy atom. The first-order valence-electron chi connectivity index (χ1n) is 7.00. The molecule has 0 amide bonds. The largest absolute Gasteiger partial charge is 0.316 e. The zero-order valence-corrected chi connectivity index (χ0v) is 12.1. The van der Waals surface area contributed by atoms with Gasteiger partial charge in [0.05, 0.1) is 5.75 Å². The lowest BCUT2D eigenvalue weighted by atomic mass is 9.93. The van der Waals surface area contributed by atoms with Gasteiger partial charge in [-0.2, -0.15) is 0 Å². The number of nitrogens with one attached hydrogen (secondary N) is 1. The molecule has 4 heteroatoms. The second-order valence-corrected chi connectivity index (χ2v) is 7.65. The zero-order chi connectivity index (χ0) is 12.7. The minimum atomic E-state index is -2.78. The van der Waals surface area contributed by atoms with E-state index in [1.165, 1.54) is 25.7 Å². The summed E-state index contributed by atoms with van der Waals surface area (Å²) in [6.45, 7) is 6.07. The van der Waals surface area contributed by atoms with E-state index in [1.807, 2.05) is 0 Å². The van der Waals surface area contributed by atoms with Crippen molar-refractivity contribution in [2.24, 2.45) is 11.8 Å². The first kappa shape index (κ1) is 15.0. The molecule has 0 aliphatic heterocycles. The molecular formula is C13H27NO2S. The van der Waals surface area contributed by atoms with Crippen molar-refractivity contribution in [3.8, 4) is 0 Å². The summed E-state index contributed by atoms with van der Waals surface area (Å²) in [7, 11) is -2.78. The predicted molar refractivity (Wildman–Crippen MR) is 72.9 cm³/mol. The molecule has 0 heterocycles. The SMILES string of the molecule is CCCNCC1CCCC1CCS(=O)(=O)CC. The van der Waals surface area contributed by atoms with Gasteiger partial charge in [0, 0.05) is 5.75 Å². The Morgan fingerprint density at radius 3 is 2.53 bits per heavy atom. The van der Waals surface area contributed by atoms with Crippen LogP contribution in [0.3, 0.4) is 0 Å². The van der Waals surface area contributed by atoms with Crippen molar-refractivity contribution < 1.29 is 8.42 Å². The molecule has 0 aromatic carbocycles. The third-order valence-corrected chi connectivity index (χ3v) is 5.63. The second kappa shape index (κ2) is 7.37. The highest BCUT2D eigenvalue weighted by Crippen LogP contribution is 2.33. The van der Waals surface area contributed by atoms with Crippen molar-refractivity contribution in [2.75, 3.05) is 24.6 Å². The lowest BCUT2D eigenvalue weighted by Crippen LogP contribution is -2.27. The van der Waals surface area contributed by atoms with Gasteiger partial charge in [0.25, 0.3) is 0 Å². The highest BCUT2D eigenvalue weighted by molar-refractivity contribution is 7.91. The Hall–Kier alpha value is -0.0900. The van der Waals surface area contributed by atoms with Gasteiger partial charge >= 0.3 is 0 Å². The van der Waals surface area contributed by atoms with Crippen LogP contribution in [0.1, 0.15) is 46.0 Å². The van der Waals surface area contributed by atoms with Gasteiger partial charge in [0.15, 0.2) is 0 Å². The molecule has 3 nitrogen and oxygen atoms in total. The van der Waals surface area contributed by atoms with E-state index in [-0.39, 0.29) is 0 Å². The van der Waals surface area contributed by atoms with Crippen LogP contribution in [-0.2, 0) is 9.84 Å². The first-order chi connectivity index (χ1) is 8.09. The van der Waals surface area contributed by atoms with Crippen molar-refractivity contribution in [3.05, 3.63) is 0 Å². The summed E-state index contributed by atoms with van der Waals surface area (Å²) in [5, 5.41) is 3.47. The van der Waals surface area contributed by atoms with Gasteiger partial charge in [-0.25, -0.2) is 8.42 Å². The molecule has 0 saturated heterocycles. The minimum Gasteiger partial charge on any atom is -0.316 e. The van der Waals surface area contributed by atoms with Gasteiger partial charge in [-0.1, -0.05) is 26.7 Å². The Labute approximate surface area is 106 Å². The number of rotatable bonds is 8. The van der Waals surface area contributed by atoms with E-state index < -0.39 is 9.84 Å². The molecule has 0 spiro atoms. The molecule has 1 N–H and O–H groups in total. The van der Waals surface area contributed by atoms with Crippen LogP contribution in [-0.4, -0.2) is 33.0 Å².